The van der Waals surface area contributed by atoms with E-state index in [2.05, 4.69) is 17.1 Å². The van der Waals surface area contributed by atoms with E-state index in [9.17, 15) is 8.76 Å². The highest BCUT2D eigenvalue weighted by Crippen LogP contribution is 2.30. The molecule has 3 N–H and O–H groups in total. The summed E-state index contributed by atoms with van der Waals surface area (Å²) in [4.78, 5) is 0.179. The third kappa shape index (κ3) is 2.84. The number of hydrogen-bond acceptors (Lipinski definition) is 2. The molecule has 5 heteroatoms. The Bertz CT molecular complexity index is 627. The van der Waals surface area contributed by atoms with Gasteiger partial charge in [-0.05, 0) is 34.1 Å². The van der Waals surface area contributed by atoms with Crippen molar-refractivity contribution in [3.63, 3.8) is 0 Å². The maximum absolute atomic E-state index is 11.9. The minimum Gasteiger partial charge on any atom is -0.158 e. The summed E-state index contributed by atoms with van der Waals surface area (Å²) in [7, 11) is -3.77. The molecule has 2 aromatic rings. The zero-order chi connectivity index (χ0) is 13.9. The average Bonchev–Trinajstić information content (AvgIpc) is 2.44. The third-order valence-electron chi connectivity index (χ3n) is 3.20. The molecule has 0 aliphatic carbocycles. The van der Waals surface area contributed by atoms with Gasteiger partial charge in [-0.1, -0.05) is 37.6 Å². The van der Waals surface area contributed by atoms with Crippen LogP contribution in [-0.2, 0) is 30.0 Å². The molecule has 0 amide bonds. The SMILES string of the molecule is CCCCc1ccc([S+]([O])(=O)O[NH3+])c2ccccc12. The maximum Gasteiger partial charge on any atom is 0.482 e. The molecular weight excluding hydrogens is 262 g/mol. The van der Waals surface area contributed by atoms with Gasteiger partial charge in [0.1, 0.15) is 0 Å². The summed E-state index contributed by atoms with van der Waals surface area (Å²) >= 11 is 0. The first-order valence-electron chi connectivity index (χ1n) is 6.29. The second-order valence-electron chi connectivity index (χ2n) is 4.44. The van der Waals surface area contributed by atoms with Crippen LogP contribution in [0.3, 0.4) is 0 Å². The monoisotopic (exact) mass is 280 g/mol. The van der Waals surface area contributed by atoms with Crippen LogP contribution in [-0.4, -0.2) is 0 Å². The molecule has 1 radical (unpaired) electrons. The molecule has 0 heterocycles. The van der Waals surface area contributed by atoms with Crippen molar-refractivity contribution in [3.8, 4) is 0 Å². The van der Waals surface area contributed by atoms with Crippen LogP contribution in [0.5, 0.6) is 0 Å². The molecule has 2 aromatic carbocycles. The van der Waals surface area contributed by atoms with E-state index >= 15 is 0 Å². The van der Waals surface area contributed by atoms with Crippen LogP contribution in [0.4, 0.5) is 0 Å². The summed E-state index contributed by atoms with van der Waals surface area (Å²) in [6, 6.07) is 11.0. The predicted octanol–water partition coefficient (Wildman–Crippen LogP) is 2.47. The fourth-order valence-corrected chi connectivity index (χ4v) is 3.01. The van der Waals surface area contributed by atoms with E-state index in [-0.39, 0.29) is 4.90 Å². The molecule has 0 aromatic heterocycles. The van der Waals surface area contributed by atoms with Crippen molar-refractivity contribution >= 4 is 21.3 Å². The van der Waals surface area contributed by atoms with Gasteiger partial charge in [0.25, 0.3) is 0 Å². The number of hydrogen-bond donors (Lipinski definition) is 1. The Morgan fingerprint density at radius 3 is 2.47 bits per heavy atom. The molecule has 0 spiro atoms. The lowest BCUT2D eigenvalue weighted by Crippen LogP contribution is -2.52. The summed E-state index contributed by atoms with van der Waals surface area (Å²) < 4.78 is 28.1. The Balaban J connectivity index is 2.62. The van der Waals surface area contributed by atoms with E-state index in [1.54, 1.807) is 12.1 Å². The van der Waals surface area contributed by atoms with E-state index in [4.69, 9.17) is 0 Å². The predicted molar refractivity (Wildman–Crippen MR) is 73.5 cm³/mol. The Morgan fingerprint density at radius 1 is 1.16 bits per heavy atom. The molecule has 1 unspecified atom stereocenters. The van der Waals surface area contributed by atoms with E-state index in [1.165, 1.54) is 5.56 Å². The molecule has 0 aliphatic heterocycles. The summed E-state index contributed by atoms with van der Waals surface area (Å²) in [5, 5.41) is 1.66. The van der Waals surface area contributed by atoms with E-state index < -0.39 is 10.5 Å². The van der Waals surface area contributed by atoms with Gasteiger partial charge in [-0.25, -0.2) is 0 Å². The number of aryl methyl sites for hydroxylation is 1. The van der Waals surface area contributed by atoms with Gasteiger partial charge in [0.05, 0.1) is 8.84 Å². The summed E-state index contributed by atoms with van der Waals surface area (Å²) in [5.41, 5.74) is 1.17. The third-order valence-corrected chi connectivity index (χ3v) is 4.40. The molecule has 0 aliphatic rings. The Labute approximate surface area is 114 Å². The van der Waals surface area contributed by atoms with Crippen molar-refractivity contribution in [1.29, 1.82) is 0 Å². The van der Waals surface area contributed by atoms with Gasteiger partial charge in [0.15, 0.2) is 0 Å². The highest BCUT2D eigenvalue weighted by atomic mass is 32.3. The molecule has 0 saturated heterocycles. The smallest absolute Gasteiger partial charge is 0.158 e. The van der Waals surface area contributed by atoms with Gasteiger partial charge in [-0.3, -0.25) is 0 Å². The summed E-state index contributed by atoms with van der Waals surface area (Å²) in [6.07, 6.45) is 3.14. The van der Waals surface area contributed by atoms with Gasteiger partial charge >= 0.3 is 10.5 Å². The molecule has 1 atom stereocenters. The van der Waals surface area contributed by atoms with Gasteiger partial charge in [0, 0.05) is 11.5 Å². The first-order chi connectivity index (χ1) is 9.10. The lowest BCUT2D eigenvalue weighted by Gasteiger charge is -2.07. The maximum atomic E-state index is 11.9. The lowest BCUT2D eigenvalue weighted by atomic mass is 10.0. The number of rotatable bonds is 5. The van der Waals surface area contributed by atoms with Gasteiger partial charge in [-0.2, -0.15) is 5.90 Å². The molecule has 19 heavy (non-hydrogen) atoms. The van der Waals surface area contributed by atoms with Crippen LogP contribution in [0.1, 0.15) is 25.3 Å². The first-order valence-corrected chi connectivity index (χ1v) is 7.70. The minimum absolute atomic E-state index is 0.179. The van der Waals surface area contributed by atoms with Crippen molar-refractivity contribution in [3.05, 3.63) is 42.0 Å². The fraction of sp³-hybridized carbons (Fsp3) is 0.286. The minimum atomic E-state index is -3.77. The molecule has 4 nitrogen and oxygen atoms in total. The summed E-state index contributed by atoms with van der Waals surface area (Å²) in [5.74, 6) is 3.02. The van der Waals surface area contributed by atoms with Crippen molar-refractivity contribution in [2.45, 2.75) is 31.1 Å². The topological polar surface area (TPSA) is 73.8 Å². The zero-order valence-electron chi connectivity index (χ0n) is 10.9. The second kappa shape index (κ2) is 5.79. The van der Waals surface area contributed by atoms with E-state index in [1.807, 2.05) is 24.3 Å². The largest absolute Gasteiger partial charge is 0.482 e. The molecule has 0 saturated carbocycles. The van der Waals surface area contributed by atoms with E-state index in [0.717, 1.165) is 24.6 Å². The van der Waals surface area contributed by atoms with Gasteiger partial charge in [0.2, 0.25) is 4.90 Å². The van der Waals surface area contributed by atoms with Gasteiger partial charge in [-0.15, -0.1) is 0 Å². The highest BCUT2D eigenvalue weighted by Gasteiger charge is 2.39. The van der Waals surface area contributed by atoms with Gasteiger partial charge < -0.3 is 0 Å². The number of benzene rings is 2. The molecular formula is C14H18NO3S+2. The number of fused-ring (bicyclic) bond motifs is 1. The average molecular weight is 280 g/mol. The standard InChI is InChI=1S/C14H18NO3S/c1-2-3-6-11-9-10-14(19(16,17)18-15)13-8-5-4-7-12(11)13/h4-5,7-10H,2-3,6H2,1,15H3/q+2. The van der Waals surface area contributed by atoms with Crippen molar-refractivity contribution < 1.29 is 18.9 Å². The zero-order valence-corrected chi connectivity index (χ0v) is 11.7. The Kier molecular flexibility index (Phi) is 4.31. The van der Waals surface area contributed by atoms with E-state index in [0.29, 0.717) is 5.39 Å². The molecule has 0 bridgehead atoms. The van der Waals surface area contributed by atoms with Crippen LogP contribution >= 0.6 is 0 Å². The van der Waals surface area contributed by atoms with Crippen LogP contribution in [0.2, 0.25) is 0 Å². The normalized spacial score (nSPS) is 14.5. The summed E-state index contributed by atoms with van der Waals surface area (Å²) in [6.45, 7) is 2.14. The molecule has 0 fully saturated rings. The second-order valence-corrected chi connectivity index (χ2v) is 6.03. The Morgan fingerprint density at radius 2 is 1.84 bits per heavy atom. The van der Waals surface area contributed by atoms with Crippen LogP contribution in [0, 0.1) is 0 Å². The fourth-order valence-electron chi connectivity index (χ4n) is 2.20. The Hall–Kier alpha value is -1.27. The van der Waals surface area contributed by atoms with Crippen molar-refractivity contribution in [1.82, 2.24) is 0 Å². The van der Waals surface area contributed by atoms with Crippen molar-refractivity contribution in [2.75, 3.05) is 0 Å². The van der Waals surface area contributed by atoms with Crippen LogP contribution in [0.15, 0.2) is 41.3 Å². The quantitative estimate of drug-likeness (QED) is 0.675. The van der Waals surface area contributed by atoms with Crippen LogP contribution < -0.4 is 5.90 Å². The molecule has 2 rings (SSSR count). The van der Waals surface area contributed by atoms with Crippen LogP contribution in [0.25, 0.3) is 10.8 Å². The number of unbranched alkanes of at least 4 members (excludes halogenated alkanes) is 1. The van der Waals surface area contributed by atoms with Crippen molar-refractivity contribution in [2.24, 2.45) is 0 Å². The number of quaternary nitrogens is 1. The first kappa shape index (κ1) is 14.1. The molecule has 101 valence electrons. The highest BCUT2D eigenvalue weighted by molar-refractivity contribution is 7.93. The lowest BCUT2D eigenvalue weighted by molar-refractivity contribution is -0.637.